The summed E-state index contributed by atoms with van der Waals surface area (Å²) in [6.45, 7) is 24.2. The van der Waals surface area contributed by atoms with Crippen molar-refractivity contribution < 1.29 is 5.11 Å². The van der Waals surface area contributed by atoms with Crippen LogP contribution in [0, 0.1) is 35.1 Å². The molecule has 3 aromatic rings. The second-order valence-electron chi connectivity index (χ2n) is 14.5. The first kappa shape index (κ1) is 33.7. The van der Waals surface area contributed by atoms with Crippen molar-refractivity contribution in [3.8, 4) is 11.5 Å². The van der Waals surface area contributed by atoms with Gasteiger partial charge < -0.3 is 5.11 Å². The first-order valence-corrected chi connectivity index (χ1v) is 19.1. The summed E-state index contributed by atoms with van der Waals surface area (Å²) in [6, 6.07) is -0.260. The van der Waals surface area contributed by atoms with Gasteiger partial charge in [-0.15, -0.1) is 20.8 Å². The van der Waals surface area contributed by atoms with Crippen LogP contribution in [-0.4, -0.2) is 58.2 Å². The fraction of sp³-hybridized carbons (Fsp3) is 0.742. The molecule has 0 aliphatic carbocycles. The van der Waals surface area contributed by atoms with E-state index in [4.69, 9.17) is 0 Å². The molecule has 4 unspecified atom stereocenters. The van der Waals surface area contributed by atoms with Gasteiger partial charge in [0.25, 0.3) is 0 Å². The maximum Gasteiger partial charge on any atom is 0.129 e. The van der Waals surface area contributed by atoms with Gasteiger partial charge in [-0.05, 0) is 49.4 Å². The van der Waals surface area contributed by atoms with Crippen molar-refractivity contribution >= 4 is 8.07 Å². The SMILES string of the molecule is CC(C)CC(O)c1cn(C(CC(C)C)c2cn(C(CC(C)C)c3cn(C(C#C[Si](C)(C)C)CC(C)C)nn3)nn2)nn1. The number of aliphatic hydroxyl groups is 1. The van der Waals surface area contributed by atoms with Crippen molar-refractivity contribution in [2.75, 3.05) is 0 Å². The number of hydrogen-bond acceptors (Lipinski definition) is 7. The van der Waals surface area contributed by atoms with E-state index in [9.17, 15) is 5.11 Å². The molecule has 0 saturated carbocycles. The molecular weight excluding hydrogens is 542 g/mol. The molecule has 4 atom stereocenters. The molecule has 3 heterocycles. The molecule has 1 N–H and O–H groups in total. The maximum atomic E-state index is 10.6. The van der Waals surface area contributed by atoms with Crippen LogP contribution < -0.4 is 0 Å². The fourth-order valence-electron chi connectivity index (χ4n) is 4.95. The van der Waals surface area contributed by atoms with E-state index in [2.05, 4.69) is 117 Å². The zero-order chi connectivity index (χ0) is 31.2. The molecule has 42 heavy (non-hydrogen) atoms. The minimum Gasteiger partial charge on any atom is -0.387 e. The second-order valence-corrected chi connectivity index (χ2v) is 19.2. The molecule has 0 amide bonds. The molecule has 0 aromatic carbocycles. The molecule has 0 saturated heterocycles. The molecule has 0 aliphatic heterocycles. The van der Waals surface area contributed by atoms with Crippen LogP contribution in [0.15, 0.2) is 18.6 Å². The highest BCUT2D eigenvalue weighted by atomic mass is 28.3. The Hall–Kier alpha value is -2.84. The average Bonchev–Trinajstić information content (AvgIpc) is 3.63. The molecule has 232 valence electrons. The molecule has 0 fully saturated rings. The molecule has 3 rings (SSSR count). The lowest BCUT2D eigenvalue weighted by Gasteiger charge is -2.18. The number of rotatable bonds is 14. The van der Waals surface area contributed by atoms with E-state index in [0.29, 0.717) is 35.8 Å². The largest absolute Gasteiger partial charge is 0.387 e. The fourth-order valence-corrected chi connectivity index (χ4v) is 5.55. The number of nitrogens with zero attached hydrogens (tertiary/aromatic N) is 9. The zero-order valence-electron chi connectivity index (χ0n) is 27.7. The van der Waals surface area contributed by atoms with Crippen LogP contribution in [0.2, 0.25) is 19.6 Å². The van der Waals surface area contributed by atoms with E-state index in [0.717, 1.165) is 30.7 Å². The number of aromatic nitrogens is 9. The standard InChI is InChI=1S/C31H53N9OSi/c1-21(2)14-25(12-13-42(9,10)11)38-18-26(32-35-38)29(15-22(3)4)39-19-27(33-36-39)30(16-23(5)6)40-20-28(34-37-40)31(41)17-24(7)8/h18-25,29-31,41H,14-17H2,1-11H3. The van der Waals surface area contributed by atoms with E-state index in [1.165, 1.54) is 0 Å². The molecule has 10 nitrogen and oxygen atoms in total. The average molecular weight is 596 g/mol. The highest BCUT2D eigenvalue weighted by molar-refractivity contribution is 6.83. The molecule has 11 heteroatoms. The third kappa shape index (κ3) is 9.87. The Morgan fingerprint density at radius 2 is 1.02 bits per heavy atom. The lowest BCUT2D eigenvalue weighted by molar-refractivity contribution is 0.146. The topological polar surface area (TPSA) is 112 Å². The van der Waals surface area contributed by atoms with Gasteiger partial charge in [-0.2, -0.15) is 0 Å². The molecule has 3 aromatic heterocycles. The summed E-state index contributed by atoms with van der Waals surface area (Å²) in [7, 11) is -1.52. The molecular formula is C31H53N9OSi. The molecule has 0 aliphatic rings. The summed E-state index contributed by atoms with van der Waals surface area (Å²) >= 11 is 0. The summed E-state index contributed by atoms with van der Waals surface area (Å²) in [6.07, 6.45) is 8.51. The van der Waals surface area contributed by atoms with Crippen LogP contribution in [0.3, 0.4) is 0 Å². The smallest absolute Gasteiger partial charge is 0.129 e. The predicted octanol–water partition coefficient (Wildman–Crippen LogP) is 6.28. The second kappa shape index (κ2) is 14.6. The predicted molar refractivity (Wildman–Crippen MR) is 169 cm³/mol. The van der Waals surface area contributed by atoms with Crippen LogP contribution in [-0.2, 0) is 0 Å². The summed E-state index contributed by atoms with van der Waals surface area (Å²) in [5.41, 5.74) is 5.81. The minimum absolute atomic E-state index is 0.00744. The Balaban J connectivity index is 1.95. The monoisotopic (exact) mass is 595 g/mol. The van der Waals surface area contributed by atoms with E-state index in [-0.39, 0.29) is 18.1 Å². The summed E-state index contributed by atoms with van der Waals surface area (Å²) in [5.74, 6) is 5.18. The van der Waals surface area contributed by atoms with Crippen molar-refractivity contribution in [2.45, 2.75) is 125 Å². The maximum absolute atomic E-state index is 10.6. The first-order chi connectivity index (χ1) is 19.6. The highest BCUT2D eigenvalue weighted by Gasteiger charge is 2.27. The molecule has 0 radical (unpaired) electrons. The van der Waals surface area contributed by atoms with E-state index < -0.39 is 14.2 Å². The van der Waals surface area contributed by atoms with Crippen molar-refractivity contribution in [1.82, 2.24) is 45.0 Å². The van der Waals surface area contributed by atoms with Gasteiger partial charge in [0.15, 0.2) is 0 Å². The van der Waals surface area contributed by atoms with E-state index in [1.807, 2.05) is 32.6 Å². The first-order valence-electron chi connectivity index (χ1n) is 15.6. The summed E-state index contributed by atoms with van der Waals surface area (Å²) < 4.78 is 5.69. The molecule has 0 bridgehead atoms. The lowest BCUT2D eigenvalue weighted by Crippen LogP contribution is -2.18. The van der Waals surface area contributed by atoms with Gasteiger partial charge in [0, 0.05) is 0 Å². The summed E-state index contributed by atoms with van der Waals surface area (Å²) in [4.78, 5) is 0. The van der Waals surface area contributed by atoms with Crippen molar-refractivity contribution in [3.63, 3.8) is 0 Å². The molecule has 0 spiro atoms. The highest BCUT2D eigenvalue weighted by Crippen LogP contribution is 2.29. The Bertz CT molecular complexity index is 1310. The van der Waals surface area contributed by atoms with Gasteiger partial charge in [-0.3, -0.25) is 0 Å². The van der Waals surface area contributed by atoms with Gasteiger partial charge in [-0.25, -0.2) is 14.0 Å². The van der Waals surface area contributed by atoms with Crippen LogP contribution in [0.4, 0.5) is 0 Å². The summed E-state index contributed by atoms with van der Waals surface area (Å²) in [5, 5.41) is 37.8. The van der Waals surface area contributed by atoms with Crippen LogP contribution in [0.5, 0.6) is 0 Å². The Labute approximate surface area is 253 Å². The van der Waals surface area contributed by atoms with Crippen LogP contribution >= 0.6 is 0 Å². The van der Waals surface area contributed by atoms with Gasteiger partial charge in [-0.1, -0.05) is 96.6 Å². The van der Waals surface area contributed by atoms with Gasteiger partial charge >= 0.3 is 0 Å². The number of aliphatic hydroxyl groups excluding tert-OH is 1. The third-order valence-corrected chi connectivity index (χ3v) is 7.85. The normalized spacial score (nSPS) is 15.3. The third-order valence-electron chi connectivity index (χ3n) is 6.96. The van der Waals surface area contributed by atoms with Crippen molar-refractivity contribution in [2.24, 2.45) is 23.7 Å². The lowest BCUT2D eigenvalue weighted by atomic mass is 10.0. The number of hydrogen-bond donors (Lipinski definition) is 1. The van der Waals surface area contributed by atoms with Crippen LogP contribution in [0.25, 0.3) is 0 Å². The van der Waals surface area contributed by atoms with Crippen LogP contribution in [0.1, 0.15) is 122 Å². The van der Waals surface area contributed by atoms with Crippen molar-refractivity contribution in [1.29, 1.82) is 0 Å². The van der Waals surface area contributed by atoms with Gasteiger partial charge in [0.1, 0.15) is 31.2 Å². The van der Waals surface area contributed by atoms with E-state index in [1.54, 1.807) is 0 Å². The minimum atomic E-state index is -1.52. The van der Waals surface area contributed by atoms with E-state index >= 15 is 0 Å². The van der Waals surface area contributed by atoms with Gasteiger partial charge in [0.05, 0.1) is 36.8 Å². The Kier molecular flexibility index (Phi) is 11.7. The zero-order valence-corrected chi connectivity index (χ0v) is 28.7. The van der Waals surface area contributed by atoms with Gasteiger partial charge in [0.2, 0.25) is 0 Å². The quantitative estimate of drug-likeness (QED) is 0.172. The van der Waals surface area contributed by atoms with Crippen molar-refractivity contribution in [3.05, 3.63) is 35.7 Å². The Morgan fingerprint density at radius 1 is 0.619 bits per heavy atom. The Morgan fingerprint density at radius 3 is 1.48 bits per heavy atom.